The Bertz CT molecular complexity index is 910. The maximum Gasteiger partial charge on any atom is 0.340 e. The molecule has 2 aromatic carbocycles. The lowest BCUT2D eigenvalue weighted by atomic mass is 10.1. The fourth-order valence-corrected chi connectivity index (χ4v) is 2.58. The van der Waals surface area contributed by atoms with Gasteiger partial charge in [0.2, 0.25) is 0 Å². The summed E-state index contributed by atoms with van der Waals surface area (Å²) in [4.78, 5) is 20.6. The Morgan fingerprint density at radius 1 is 0.963 bits per heavy atom. The number of rotatable bonds is 7. The van der Waals surface area contributed by atoms with Crippen LogP contribution in [0.3, 0.4) is 0 Å². The smallest absolute Gasteiger partial charge is 0.340 e. The van der Waals surface area contributed by atoms with Crippen LogP contribution in [-0.2, 0) is 11.2 Å². The lowest BCUT2D eigenvalue weighted by Crippen LogP contribution is -2.08. The molecule has 0 aliphatic carbocycles. The van der Waals surface area contributed by atoms with E-state index in [4.69, 9.17) is 4.74 Å². The predicted molar refractivity (Wildman–Crippen MR) is 107 cm³/mol. The number of carbonyl (C=O) groups is 1. The molecule has 0 spiro atoms. The van der Waals surface area contributed by atoms with E-state index in [1.54, 1.807) is 25.1 Å². The molecule has 3 aromatic rings. The molecule has 3 rings (SSSR count). The van der Waals surface area contributed by atoms with Crippen molar-refractivity contribution in [2.45, 2.75) is 20.3 Å². The summed E-state index contributed by atoms with van der Waals surface area (Å²) in [5.74, 6) is 0.865. The molecule has 6 heteroatoms. The molecule has 138 valence electrons. The second-order valence-corrected chi connectivity index (χ2v) is 5.86. The zero-order valence-electron chi connectivity index (χ0n) is 15.4. The summed E-state index contributed by atoms with van der Waals surface area (Å²) < 4.78 is 5.10. The fourth-order valence-electron chi connectivity index (χ4n) is 2.58. The van der Waals surface area contributed by atoms with E-state index in [1.807, 2.05) is 24.3 Å². The van der Waals surface area contributed by atoms with Gasteiger partial charge < -0.3 is 15.4 Å². The van der Waals surface area contributed by atoms with Gasteiger partial charge in [-0.2, -0.15) is 0 Å². The molecule has 0 aliphatic rings. The molecule has 0 amide bonds. The quantitative estimate of drug-likeness (QED) is 0.593. The van der Waals surface area contributed by atoms with Crippen molar-refractivity contribution in [1.29, 1.82) is 0 Å². The van der Waals surface area contributed by atoms with E-state index in [1.165, 1.54) is 11.9 Å². The van der Waals surface area contributed by atoms with Crippen LogP contribution < -0.4 is 10.6 Å². The molecule has 0 unspecified atom stereocenters. The molecule has 0 fully saturated rings. The Kier molecular flexibility index (Phi) is 5.99. The van der Waals surface area contributed by atoms with Crippen LogP contribution in [-0.4, -0.2) is 22.5 Å². The first-order valence-corrected chi connectivity index (χ1v) is 8.90. The van der Waals surface area contributed by atoms with E-state index >= 15 is 0 Å². The van der Waals surface area contributed by atoms with E-state index in [0.717, 1.165) is 12.1 Å². The Labute approximate surface area is 158 Å². The molecule has 6 nitrogen and oxygen atoms in total. The van der Waals surface area contributed by atoms with E-state index in [-0.39, 0.29) is 5.97 Å². The first-order chi connectivity index (χ1) is 13.2. The van der Waals surface area contributed by atoms with Gasteiger partial charge in [0.25, 0.3) is 0 Å². The topological polar surface area (TPSA) is 76.1 Å². The van der Waals surface area contributed by atoms with Gasteiger partial charge in [0.1, 0.15) is 18.0 Å². The summed E-state index contributed by atoms with van der Waals surface area (Å²) in [6.07, 6.45) is 2.47. The molecule has 27 heavy (non-hydrogen) atoms. The lowest BCUT2D eigenvalue weighted by Gasteiger charge is -2.12. The highest BCUT2D eigenvalue weighted by Gasteiger charge is 2.12. The third kappa shape index (κ3) is 4.82. The zero-order valence-corrected chi connectivity index (χ0v) is 15.4. The van der Waals surface area contributed by atoms with E-state index in [0.29, 0.717) is 29.5 Å². The molecule has 2 N–H and O–H groups in total. The van der Waals surface area contributed by atoms with Crippen molar-refractivity contribution in [1.82, 2.24) is 9.97 Å². The Balaban J connectivity index is 1.77. The number of anilines is 4. The first-order valence-electron chi connectivity index (χ1n) is 8.90. The maximum atomic E-state index is 12.1. The number of aryl methyl sites for hydroxylation is 1. The predicted octanol–water partition coefficient (Wildman–Crippen LogP) is 4.70. The van der Waals surface area contributed by atoms with Crippen LogP contribution in [0.1, 0.15) is 29.8 Å². The van der Waals surface area contributed by atoms with Crippen molar-refractivity contribution in [2.24, 2.45) is 0 Å². The highest BCUT2D eigenvalue weighted by atomic mass is 16.5. The van der Waals surface area contributed by atoms with Crippen molar-refractivity contribution < 1.29 is 9.53 Å². The van der Waals surface area contributed by atoms with Gasteiger partial charge in [0, 0.05) is 11.8 Å². The summed E-state index contributed by atoms with van der Waals surface area (Å²) in [5.41, 5.74) is 3.32. The van der Waals surface area contributed by atoms with Crippen LogP contribution in [0.5, 0.6) is 0 Å². The number of carbonyl (C=O) groups excluding carboxylic acids is 1. The van der Waals surface area contributed by atoms with Crippen LogP contribution in [0.25, 0.3) is 0 Å². The molecule has 0 atom stereocenters. The highest BCUT2D eigenvalue weighted by molar-refractivity contribution is 5.96. The van der Waals surface area contributed by atoms with E-state index < -0.39 is 0 Å². The van der Waals surface area contributed by atoms with Crippen molar-refractivity contribution in [3.63, 3.8) is 0 Å². The van der Waals surface area contributed by atoms with Crippen LogP contribution in [0, 0.1) is 0 Å². The van der Waals surface area contributed by atoms with Gasteiger partial charge >= 0.3 is 5.97 Å². The Morgan fingerprint density at radius 2 is 1.67 bits per heavy atom. The minimum absolute atomic E-state index is 0.325. The minimum Gasteiger partial charge on any atom is -0.462 e. The van der Waals surface area contributed by atoms with Gasteiger partial charge in [-0.25, -0.2) is 14.8 Å². The number of nitrogens with one attached hydrogen (secondary N) is 2. The van der Waals surface area contributed by atoms with E-state index in [2.05, 4.69) is 39.7 Å². The van der Waals surface area contributed by atoms with Crippen LogP contribution in [0.2, 0.25) is 0 Å². The fraction of sp³-hybridized carbons (Fsp3) is 0.190. The Morgan fingerprint density at radius 3 is 2.37 bits per heavy atom. The number of para-hydroxylation sites is 1. The van der Waals surface area contributed by atoms with Gasteiger partial charge in [0.15, 0.2) is 0 Å². The largest absolute Gasteiger partial charge is 0.462 e. The number of hydrogen-bond donors (Lipinski definition) is 2. The van der Waals surface area contributed by atoms with Crippen molar-refractivity contribution in [2.75, 3.05) is 17.2 Å². The van der Waals surface area contributed by atoms with Gasteiger partial charge in [-0.3, -0.25) is 0 Å². The molecular weight excluding hydrogens is 340 g/mol. The van der Waals surface area contributed by atoms with Crippen LogP contribution in [0.15, 0.2) is 60.9 Å². The molecule has 0 radical (unpaired) electrons. The zero-order chi connectivity index (χ0) is 19.1. The second kappa shape index (κ2) is 8.80. The molecule has 1 heterocycles. The summed E-state index contributed by atoms with van der Waals surface area (Å²) in [7, 11) is 0. The van der Waals surface area contributed by atoms with Gasteiger partial charge in [-0.05, 0) is 43.2 Å². The van der Waals surface area contributed by atoms with Crippen molar-refractivity contribution in [3.8, 4) is 0 Å². The highest BCUT2D eigenvalue weighted by Crippen LogP contribution is 2.23. The lowest BCUT2D eigenvalue weighted by molar-refractivity contribution is 0.0527. The molecule has 1 aromatic heterocycles. The first kappa shape index (κ1) is 18.4. The van der Waals surface area contributed by atoms with Gasteiger partial charge in [0.05, 0.1) is 17.9 Å². The van der Waals surface area contributed by atoms with Gasteiger partial charge in [-0.15, -0.1) is 0 Å². The van der Waals surface area contributed by atoms with Gasteiger partial charge in [-0.1, -0.05) is 31.2 Å². The number of hydrogen-bond acceptors (Lipinski definition) is 6. The number of esters is 1. The average Bonchev–Trinajstić information content (AvgIpc) is 2.69. The Hall–Kier alpha value is -3.41. The van der Waals surface area contributed by atoms with Crippen LogP contribution >= 0.6 is 0 Å². The maximum absolute atomic E-state index is 12.1. The van der Waals surface area contributed by atoms with Crippen molar-refractivity contribution >= 4 is 29.0 Å². The summed E-state index contributed by atoms with van der Waals surface area (Å²) in [5, 5.41) is 6.42. The SMILES string of the molecule is CCOC(=O)c1ccccc1Nc1cc(Nc2ccc(CC)cc2)ncn1. The minimum atomic E-state index is -0.371. The molecule has 0 saturated carbocycles. The monoisotopic (exact) mass is 362 g/mol. The summed E-state index contributed by atoms with van der Waals surface area (Å²) >= 11 is 0. The number of aromatic nitrogens is 2. The second-order valence-electron chi connectivity index (χ2n) is 5.86. The number of nitrogens with zero attached hydrogens (tertiary/aromatic N) is 2. The third-order valence-corrected chi connectivity index (χ3v) is 3.99. The molecule has 0 bridgehead atoms. The normalized spacial score (nSPS) is 10.3. The summed E-state index contributed by atoms with van der Waals surface area (Å²) in [6.45, 7) is 4.23. The standard InChI is InChI=1S/C21H22N4O2/c1-3-15-9-11-16(12-10-15)24-19-13-20(23-14-22-19)25-18-8-6-5-7-17(18)21(26)27-4-2/h5-14H,3-4H2,1-2H3,(H2,22,23,24,25). The molecule has 0 saturated heterocycles. The van der Waals surface area contributed by atoms with Crippen LogP contribution in [0.4, 0.5) is 23.0 Å². The van der Waals surface area contributed by atoms with Crippen molar-refractivity contribution in [3.05, 3.63) is 72.1 Å². The third-order valence-electron chi connectivity index (χ3n) is 3.99. The van der Waals surface area contributed by atoms with E-state index in [9.17, 15) is 4.79 Å². The molecular formula is C21H22N4O2. The average molecular weight is 362 g/mol. The summed E-state index contributed by atoms with van der Waals surface area (Å²) in [6, 6.07) is 17.2. The number of ether oxygens (including phenoxy) is 1. The molecule has 0 aliphatic heterocycles. The number of benzene rings is 2.